The summed E-state index contributed by atoms with van der Waals surface area (Å²) in [7, 11) is 0. The molecule has 0 aromatic rings. The van der Waals surface area contributed by atoms with Gasteiger partial charge in [-0.3, -0.25) is 14.4 Å². The van der Waals surface area contributed by atoms with Crippen LogP contribution < -0.4 is 0 Å². The predicted molar refractivity (Wildman–Crippen MR) is 233 cm³/mol. The Morgan fingerprint density at radius 2 is 0.491 bits per heavy atom. The number of hydrogen-bond acceptors (Lipinski definition) is 6. The lowest BCUT2D eigenvalue weighted by Crippen LogP contribution is -2.30. The van der Waals surface area contributed by atoms with Gasteiger partial charge in [0.1, 0.15) is 13.2 Å². The Hall–Kier alpha value is -1.59. The third kappa shape index (κ3) is 43.4. The summed E-state index contributed by atoms with van der Waals surface area (Å²) in [5, 5.41) is 0. The second kappa shape index (κ2) is 45.1. The van der Waals surface area contributed by atoms with E-state index in [2.05, 4.69) is 20.8 Å². The quantitative estimate of drug-likeness (QED) is 0.0348. The van der Waals surface area contributed by atoms with E-state index in [9.17, 15) is 14.4 Å². The van der Waals surface area contributed by atoms with E-state index in [0.717, 1.165) is 64.2 Å². The number of ether oxygens (including phenoxy) is 3. The van der Waals surface area contributed by atoms with E-state index in [1.165, 1.54) is 173 Å². The van der Waals surface area contributed by atoms with Crippen molar-refractivity contribution in [2.75, 3.05) is 13.2 Å². The molecule has 0 aliphatic rings. The molecule has 1 atom stereocenters. The van der Waals surface area contributed by atoms with Crippen LogP contribution >= 0.6 is 0 Å². The van der Waals surface area contributed by atoms with E-state index < -0.39 is 6.10 Å². The normalized spacial score (nSPS) is 11.8. The fraction of sp³-hybridized carbons (Fsp3) is 0.939. The molecule has 0 fully saturated rings. The number of hydrogen-bond donors (Lipinski definition) is 0. The molecule has 55 heavy (non-hydrogen) atoms. The van der Waals surface area contributed by atoms with Crippen molar-refractivity contribution in [1.82, 2.24) is 0 Å². The molecule has 0 unspecified atom stereocenters. The van der Waals surface area contributed by atoms with E-state index in [-0.39, 0.29) is 31.1 Å². The van der Waals surface area contributed by atoms with Crippen LogP contribution in [0.2, 0.25) is 0 Å². The van der Waals surface area contributed by atoms with Crippen molar-refractivity contribution < 1.29 is 28.6 Å². The highest BCUT2D eigenvalue weighted by molar-refractivity contribution is 5.71. The maximum absolute atomic E-state index is 12.7. The zero-order chi connectivity index (χ0) is 40.1. The molecule has 0 amide bonds. The fourth-order valence-electron chi connectivity index (χ4n) is 7.38. The van der Waals surface area contributed by atoms with Gasteiger partial charge in [0.05, 0.1) is 0 Å². The van der Waals surface area contributed by atoms with Gasteiger partial charge in [0.2, 0.25) is 0 Å². The molecule has 0 heterocycles. The first kappa shape index (κ1) is 53.4. The van der Waals surface area contributed by atoms with Crippen molar-refractivity contribution >= 4 is 17.9 Å². The second-order valence-electron chi connectivity index (χ2n) is 16.7. The highest BCUT2D eigenvalue weighted by Crippen LogP contribution is 2.16. The van der Waals surface area contributed by atoms with Gasteiger partial charge in [-0.05, 0) is 19.3 Å². The maximum Gasteiger partial charge on any atom is 0.306 e. The molecule has 0 spiro atoms. The topological polar surface area (TPSA) is 78.9 Å². The van der Waals surface area contributed by atoms with Gasteiger partial charge in [0.15, 0.2) is 6.10 Å². The van der Waals surface area contributed by atoms with Crippen LogP contribution in [-0.4, -0.2) is 37.2 Å². The van der Waals surface area contributed by atoms with E-state index in [1.807, 2.05) is 0 Å². The van der Waals surface area contributed by atoms with Crippen LogP contribution in [0.5, 0.6) is 0 Å². The van der Waals surface area contributed by atoms with Gasteiger partial charge in [-0.15, -0.1) is 0 Å². The van der Waals surface area contributed by atoms with Gasteiger partial charge in [-0.25, -0.2) is 0 Å². The minimum atomic E-state index is -0.757. The van der Waals surface area contributed by atoms with Crippen LogP contribution in [-0.2, 0) is 28.6 Å². The number of unbranched alkanes of at least 4 members (excludes halogenated alkanes) is 34. The Kier molecular flexibility index (Phi) is 43.8. The van der Waals surface area contributed by atoms with Crippen LogP contribution in [0.4, 0.5) is 0 Å². The Labute approximate surface area is 342 Å². The van der Waals surface area contributed by atoms with Gasteiger partial charge in [0.25, 0.3) is 0 Å². The molecule has 0 saturated carbocycles. The lowest BCUT2D eigenvalue weighted by molar-refractivity contribution is -0.167. The summed E-state index contributed by atoms with van der Waals surface area (Å²) in [6.45, 7) is 6.59. The Bertz CT molecular complexity index is 813. The molecule has 6 heteroatoms. The molecule has 6 nitrogen and oxygen atoms in total. The van der Waals surface area contributed by atoms with Gasteiger partial charge in [-0.2, -0.15) is 0 Å². The highest BCUT2D eigenvalue weighted by Gasteiger charge is 2.19. The summed E-state index contributed by atoms with van der Waals surface area (Å²) in [5.74, 6) is -0.861. The van der Waals surface area contributed by atoms with Crippen molar-refractivity contribution in [2.45, 2.75) is 284 Å². The summed E-state index contributed by atoms with van der Waals surface area (Å²) >= 11 is 0. The van der Waals surface area contributed by atoms with Crippen LogP contribution in [0.3, 0.4) is 0 Å². The summed E-state index contributed by atoms with van der Waals surface area (Å²) in [6, 6.07) is 0. The molecule has 0 aliphatic carbocycles. The summed E-state index contributed by atoms with van der Waals surface area (Å²) < 4.78 is 16.7. The first-order valence-corrected chi connectivity index (χ1v) is 24.5. The minimum absolute atomic E-state index is 0.0634. The average Bonchev–Trinajstić information content (AvgIpc) is 3.18. The van der Waals surface area contributed by atoms with E-state index >= 15 is 0 Å². The van der Waals surface area contributed by atoms with Crippen molar-refractivity contribution in [3.63, 3.8) is 0 Å². The van der Waals surface area contributed by atoms with Crippen molar-refractivity contribution in [1.29, 1.82) is 0 Å². The molecule has 0 aromatic heterocycles. The van der Waals surface area contributed by atoms with E-state index in [4.69, 9.17) is 14.2 Å². The molecule has 0 radical (unpaired) electrons. The number of esters is 3. The standard InChI is InChI=1S/C49H94O6/c1-4-7-10-13-15-17-19-21-23-24-25-26-28-30-32-34-37-40-43-49(52)55-46(44-53-47(50)41-38-35-12-9-6-3)45-54-48(51)42-39-36-33-31-29-27-22-20-18-16-14-11-8-5-2/h46H,4-45H2,1-3H3/t46-/m1/s1. The molecule has 0 aliphatic heterocycles. The lowest BCUT2D eigenvalue weighted by atomic mass is 10.0. The minimum Gasteiger partial charge on any atom is -0.462 e. The fourth-order valence-corrected chi connectivity index (χ4v) is 7.38. The highest BCUT2D eigenvalue weighted by atomic mass is 16.6. The van der Waals surface area contributed by atoms with Crippen molar-refractivity contribution in [3.05, 3.63) is 0 Å². The Morgan fingerprint density at radius 1 is 0.291 bits per heavy atom. The first-order valence-electron chi connectivity index (χ1n) is 24.5. The van der Waals surface area contributed by atoms with Crippen LogP contribution in [0.15, 0.2) is 0 Å². The molecule has 0 rings (SSSR count). The molecule has 0 aromatic carbocycles. The Morgan fingerprint density at radius 3 is 0.727 bits per heavy atom. The number of carbonyl (C=O) groups is 3. The molecular weight excluding hydrogens is 685 g/mol. The van der Waals surface area contributed by atoms with Gasteiger partial charge in [-0.1, -0.05) is 239 Å². The average molecular weight is 779 g/mol. The lowest BCUT2D eigenvalue weighted by Gasteiger charge is -2.18. The first-order chi connectivity index (χ1) is 27.0. The van der Waals surface area contributed by atoms with Crippen LogP contribution in [0, 0.1) is 0 Å². The van der Waals surface area contributed by atoms with E-state index in [1.54, 1.807) is 0 Å². The number of carbonyl (C=O) groups excluding carboxylic acids is 3. The molecule has 326 valence electrons. The summed E-state index contributed by atoms with van der Waals surface area (Å²) in [6.07, 6.45) is 46.9. The zero-order valence-corrected chi connectivity index (χ0v) is 37.2. The van der Waals surface area contributed by atoms with Gasteiger partial charge in [0, 0.05) is 19.3 Å². The third-order valence-electron chi connectivity index (χ3n) is 11.1. The SMILES string of the molecule is CCCCCCCCCCCCCCCCCCCCC(=O)O[C@H](COC(=O)CCCCCCC)COC(=O)CCCCCCCCCCCCCCCC. The van der Waals surface area contributed by atoms with Crippen molar-refractivity contribution in [3.8, 4) is 0 Å². The van der Waals surface area contributed by atoms with Crippen LogP contribution in [0.25, 0.3) is 0 Å². The van der Waals surface area contributed by atoms with Crippen LogP contribution in [0.1, 0.15) is 278 Å². The monoisotopic (exact) mass is 779 g/mol. The molecule has 0 saturated heterocycles. The summed E-state index contributed by atoms with van der Waals surface area (Å²) in [5.41, 5.74) is 0. The Balaban J connectivity index is 4.12. The third-order valence-corrected chi connectivity index (χ3v) is 11.1. The molecule has 0 bridgehead atoms. The smallest absolute Gasteiger partial charge is 0.306 e. The van der Waals surface area contributed by atoms with Crippen molar-refractivity contribution in [2.24, 2.45) is 0 Å². The van der Waals surface area contributed by atoms with Gasteiger partial charge < -0.3 is 14.2 Å². The molecular formula is C49H94O6. The van der Waals surface area contributed by atoms with Gasteiger partial charge >= 0.3 is 17.9 Å². The summed E-state index contributed by atoms with van der Waals surface area (Å²) in [4.78, 5) is 37.6. The maximum atomic E-state index is 12.7. The zero-order valence-electron chi connectivity index (χ0n) is 37.2. The largest absolute Gasteiger partial charge is 0.462 e. The van der Waals surface area contributed by atoms with E-state index in [0.29, 0.717) is 19.3 Å². The number of rotatable bonds is 45. The molecule has 0 N–H and O–H groups in total. The second-order valence-corrected chi connectivity index (χ2v) is 16.7. The predicted octanol–water partition coefficient (Wildman–Crippen LogP) is 15.6.